The van der Waals surface area contributed by atoms with Crippen molar-refractivity contribution >= 4 is 17.8 Å². The molecule has 0 aromatic heterocycles. The summed E-state index contributed by atoms with van der Waals surface area (Å²) < 4.78 is 6.47. The Labute approximate surface area is 68.7 Å². The van der Waals surface area contributed by atoms with Gasteiger partial charge >= 0.3 is 29.6 Å². The van der Waals surface area contributed by atoms with Crippen LogP contribution in [-0.4, -0.2) is 10.6 Å². The molecule has 0 spiro atoms. The first-order chi connectivity index (χ1) is 2.73. The van der Waals surface area contributed by atoms with Gasteiger partial charge in [-0.2, -0.15) is 0 Å². The normalized spacial score (nSPS) is 4.43. The van der Waals surface area contributed by atoms with E-state index in [-0.39, 0.29) is 29.6 Å². The summed E-state index contributed by atoms with van der Waals surface area (Å²) >= 11 is 3.64. The average molecular weight is 134 g/mol. The molecule has 0 saturated heterocycles. The van der Waals surface area contributed by atoms with E-state index < -0.39 is 5.97 Å². The molecule has 0 saturated carbocycles. The predicted octanol–water partition coefficient (Wildman–Crippen LogP) is -4.11. The molecule has 1 N–H and O–H groups in total. The van der Waals surface area contributed by atoms with Crippen molar-refractivity contribution in [2.24, 2.45) is 0 Å². The Morgan fingerprint density at radius 1 is 1.71 bits per heavy atom. The maximum Gasteiger partial charge on any atom is 1.00 e. The quantitative estimate of drug-likeness (QED) is 0.343. The van der Waals surface area contributed by atoms with Gasteiger partial charge in [0.1, 0.15) is 0 Å². The monoisotopic (exact) mass is 134 g/mol. The van der Waals surface area contributed by atoms with E-state index in [1.54, 1.807) is 0 Å². The molecule has 0 aliphatic rings. The summed E-state index contributed by atoms with van der Waals surface area (Å²) in [7, 11) is 0. The second-order valence-electron chi connectivity index (χ2n) is 0.492. The third-order valence-corrected chi connectivity index (χ3v) is 0. The van der Waals surface area contributed by atoms with Crippen molar-refractivity contribution in [3.8, 4) is 0 Å². The summed E-state index contributed by atoms with van der Waals surface area (Å²) in [6.45, 7) is 0.972. The summed E-state index contributed by atoms with van der Waals surface area (Å²) in [6, 6.07) is 0. The van der Waals surface area contributed by atoms with Crippen molar-refractivity contribution in [2.75, 3.05) is 0 Å². The number of hydrogen-bond donors (Lipinski definition) is 1. The van der Waals surface area contributed by atoms with Gasteiger partial charge in [-0.3, -0.25) is 4.66 Å². The minimum absolute atomic E-state index is 0. The van der Waals surface area contributed by atoms with Gasteiger partial charge in [-0.25, -0.2) is 0 Å². The molecule has 3 nitrogen and oxygen atoms in total. The Kier molecular flexibility index (Phi) is 35.5. The summed E-state index contributed by atoms with van der Waals surface area (Å²) in [5, 5.41) is 8.89. The first-order valence-corrected chi connectivity index (χ1v) is 1.42. The number of rotatable bonds is 0. The number of hydrogen-bond acceptors (Lipinski definition) is 3. The SMILES string of the molecule is CC(=O)[O-].OCl.[Na+]. The van der Waals surface area contributed by atoms with Crippen LogP contribution in [0.4, 0.5) is 0 Å². The van der Waals surface area contributed by atoms with Gasteiger partial charge < -0.3 is 9.90 Å². The minimum Gasteiger partial charge on any atom is -0.550 e. The number of aliphatic carboxylic acids is 1. The summed E-state index contributed by atoms with van der Waals surface area (Å²) in [6.07, 6.45) is 0. The van der Waals surface area contributed by atoms with Crippen LogP contribution >= 0.6 is 11.9 Å². The van der Waals surface area contributed by atoms with Gasteiger partial charge in [0.2, 0.25) is 0 Å². The van der Waals surface area contributed by atoms with Gasteiger partial charge in [-0.1, -0.05) is 0 Å². The van der Waals surface area contributed by atoms with Gasteiger partial charge in [0.25, 0.3) is 0 Å². The Morgan fingerprint density at radius 3 is 1.71 bits per heavy atom. The molecule has 0 aliphatic heterocycles. The fourth-order valence-corrected chi connectivity index (χ4v) is 0. The van der Waals surface area contributed by atoms with Crippen molar-refractivity contribution in [2.45, 2.75) is 6.92 Å². The van der Waals surface area contributed by atoms with Crippen molar-refractivity contribution in [3.63, 3.8) is 0 Å². The zero-order valence-electron chi connectivity index (χ0n) is 4.14. The molecule has 0 atom stereocenters. The van der Waals surface area contributed by atoms with Gasteiger partial charge in [0, 0.05) is 5.97 Å². The number of carbonyl (C=O) groups is 1. The molecule has 0 bridgehead atoms. The van der Waals surface area contributed by atoms with Crippen LogP contribution in [0, 0.1) is 0 Å². The van der Waals surface area contributed by atoms with E-state index in [0.717, 1.165) is 6.92 Å². The Balaban J connectivity index is -0.0000000480. The van der Waals surface area contributed by atoms with E-state index >= 15 is 0 Å². The first-order valence-electron chi connectivity index (χ1n) is 1.08. The summed E-state index contributed by atoms with van der Waals surface area (Å²) in [5.74, 6) is -1.08. The molecule has 0 rings (SSSR count). The van der Waals surface area contributed by atoms with E-state index in [4.69, 9.17) is 14.6 Å². The number of halogens is 1. The molecule has 0 heterocycles. The first kappa shape index (κ1) is 15.6. The third kappa shape index (κ3) is 289. The average Bonchev–Trinajstić information content (AvgIpc) is 1.41. The van der Waals surface area contributed by atoms with E-state index in [1.807, 2.05) is 0 Å². The maximum absolute atomic E-state index is 8.89. The third-order valence-electron chi connectivity index (χ3n) is 0. The Bertz CT molecular complexity index is 35.9. The topological polar surface area (TPSA) is 60.4 Å². The largest absolute Gasteiger partial charge is 1.00 e. The maximum atomic E-state index is 8.89. The van der Waals surface area contributed by atoms with Crippen LogP contribution in [0.5, 0.6) is 0 Å². The fourth-order valence-electron chi connectivity index (χ4n) is 0. The zero-order valence-corrected chi connectivity index (χ0v) is 6.90. The number of carboxylic acids is 1. The van der Waals surface area contributed by atoms with Crippen LogP contribution in [0.25, 0.3) is 0 Å². The minimum atomic E-state index is -1.08. The van der Waals surface area contributed by atoms with E-state index in [1.165, 1.54) is 0 Å². The van der Waals surface area contributed by atoms with Gasteiger partial charge in [0.05, 0.1) is 11.9 Å². The van der Waals surface area contributed by atoms with Gasteiger partial charge in [0.15, 0.2) is 0 Å². The summed E-state index contributed by atoms with van der Waals surface area (Å²) in [5.41, 5.74) is 0. The number of carbonyl (C=O) groups excluding carboxylic acids is 1. The van der Waals surface area contributed by atoms with Crippen molar-refractivity contribution in [1.29, 1.82) is 0 Å². The molecule has 0 aliphatic carbocycles. The van der Waals surface area contributed by atoms with Gasteiger partial charge in [-0.05, 0) is 6.92 Å². The molecule has 0 amide bonds. The van der Waals surface area contributed by atoms with E-state index in [9.17, 15) is 0 Å². The van der Waals surface area contributed by atoms with Crippen LogP contribution in [-0.2, 0) is 4.79 Å². The van der Waals surface area contributed by atoms with Crippen LogP contribution in [0.1, 0.15) is 6.92 Å². The smallest absolute Gasteiger partial charge is 0.550 e. The molecule has 0 unspecified atom stereocenters. The van der Waals surface area contributed by atoms with Crippen LogP contribution in [0.15, 0.2) is 0 Å². The fraction of sp³-hybridized carbons (Fsp3) is 0.500. The van der Waals surface area contributed by atoms with Crippen molar-refractivity contribution in [1.82, 2.24) is 0 Å². The molecule has 7 heavy (non-hydrogen) atoms. The Morgan fingerprint density at radius 2 is 1.71 bits per heavy atom. The Hall–Kier alpha value is 0.720. The molecule has 0 radical (unpaired) electrons. The molecular formula is C2H4ClNaO3. The van der Waals surface area contributed by atoms with Crippen LogP contribution in [0.2, 0.25) is 0 Å². The molecule has 0 aromatic carbocycles. The van der Waals surface area contributed by atoms with E-state index in [0.29, 0.717) is 0 Å². The molecule has 0 aromatic rings. The predicted molar refractivity (Wildman–Crippen MR) is 18.8 cm³/mol. The standard InChI is InChI=1S/C2H4O2.ClHO.Na/c1-2(3)4;1-2;/h1H3,(H,3,4);2H;/q;;+1/p-1. The molecule has 0 fully saturated rings. The van der Waals surface area contributed by atoms with Gasteiger partial charge in [-0.15, -0.1) is 0 Å². The van der Waals surface area contributed by atoms with Crippen molar-refractivity contribution < 1.29 is 44.1 Å². The summed E-state index contributed by atoms with van der Waals surface area (Å²) in [4.78, 5) is 8.89. The van der Waals surface area contributed by atoms with Crippen LogP contribution < -0.4 is 34.7 Å². The molecule has 38 valence electrons. The zero-order chi connectivity index (χ0) is 5.58. The second-order valence-corrected chi connectivity index (χ2v) is 0.492. The van der Waals surface area contributed by atoms with Crippen LogP contribution in [0.3, 0.4) is 0 Å². The van der Waals surface area contributed by atoms with Crippen molar-refractivity contribution in [3.05, 3.63) is 0 Å². The molecule has 5 heteroatoms. The number of carboxylic acid groups (broad SMARTS) is 1. The second kappa shape index (κ2) is 15.9. The van der Waals surface area contributed by atoms with E-state index in [2.05, 4.69) is 11.9 Å². The molecular weight excluding hydrogens is 130 g/mol.